The number of hydrogen-bond acceptors (Lipinski definition) is 3. The van der Waals surface area contributed by atoms with E-state index in [1.165, 1.54) is 0 Å². The van der Waals surface area contributed by atoms with Gasteiger partial charge in [-0.1, -0.05) is 6.07 Å². The molecule has 18 heavy (non-hydrogen) atoms. The first-order valence-corrected chi connectivity index (χ1v) is 6.12. The van der Waals surface area contributed by atoms with Crippen LogP contribution in [0.4, 0.5) is 5.69 Å². The Bertz CT molecular complexity index is 493. The number of likely N-dealkylation sites (N-methyl/N-ethyl adjacent to an activating group) is 1. The van der Waals surface area contributed by atoms with Crippen LogP contribution in [0.3, 0.4) is 0 Å². The predicted octanol–water partition coefficient (Wildman–Crippen LogP) is 1.34. The molecule has 4 heteroatoms. The Morgan fingerprint density at radius 2 is 2.11 bits per heavy atom. The number of carbonyl (C=O) groups is 1. The van der Waals surface area contributed by atoms with Crippen molar-refractivity contribution in [3.63, 3.8) is 0 Å². The molecule has 0 aliphatic carbocycles. The average molecular weight is 248 g/mol. The summed E-state index contributed by atoms with van der Waals surface area (Å²) < 4.78 is 0. The second-order valence-electron chi connectivity index (χ2n) is 5.64. The summed E-state index contributed by atoms with van der Waals surface area (Å²) in [4.78, 5) is 11.9. The SMILES string of the molecule is CNCC(C)(O)c1ccc2c(c1)C(C)(C)C(=O)N2. The van der Waals surface area contributed by atoms with E-state index >= 15 is 0 Å². The summed E-state index contributed by atoms with van der Waals surface area (Å²) in [5, 5.41) is 16.2. The van der Waals surface area contributed by atoms with Crippen LogP contribution in [0.2, 0.25) is 0 Å². The van der Waals surface area contributed by atoms with Gasteiger partial charge in [0.25, 0.3) is 0 Å². The van der Waals surface area contributed by atoms with E-state index in [-0.39, 0.29) is 5.91 Å². The molecule has 1 aliphatic rings. The van der Waals surface area contributed by atoms with Crippen LogP contribution in [0.1, 0.15) is 31.9 Å². The lowest BCUT2D eigenvalue weighted by Gasteiger charge is -2.25. The molecule has 1 amide bonds. The molecule has 0 saturated carbocycles. The Balaban J connectivity index is 2.46. The third-order valence-corrected chi connectivity index (χ3v) is 3.65. The Morgan fingerprint density at radius 1 is 1.44 bits per heavy atom. The minimum Gasteiger partial charge on any atom is -0.384 e. The average Bonchev–Trinajstić information content (AvgIpc) is 2.50. The monoisotopic (exact) mass is 248 g/mol. The van der Waals surface area contributed by atoms with Gasteiger partial charge < -0.3 is 15.7 Å². The highest BCUT2D eigenvalue weighted by molar-refractivity contribution is 6.05. The predicted molar refractivity (Wildman–Crippen MR) is 71.6 cm³/mol. The lowest BCUT2D eigenvalue weighted by Crippen LogP contribution is -2.34. The highest BCUT2D eigenvalue weighted by Crippen LogP contribution is 2.39. The Labute approximate surface area is 107 Å². The van der Waals surface area contributed by atoms with Crippen molar-refractivity contribution in [2.24, 2.45) is 0 Å². The van der Waals surface area contributed by atoms with Gasteiger partial charge in [-0.15, -0.1) is 0 Å². The maximum atomic E-state index is 11.9. The first-order valence-electron chi connectivity index (χ1n) is 6.12. The van der Waals surface area contributed by atoms with Crippen LogP contribution < -0.4 is 10.6 Å². The van der Waals surface area contributed by atoms with Crippen molar-refractivity contribution in [1.29, 1.82) is 0 Å². The molecule has 1 unspecified atom stereocenters. The van der Waals surface area contributed by atoms with E-state index in [9.17, 15) is 9.90 Å². The third-order valence-electron chi connectivity index (χ3n) is 3.65. The fraction of sp³-hybridized carbons (Fsp3) is 0.500. The first kappa shape index (κ1) is 13.1. The number of amides is 1. The number of rotatable bonds is 3. The second-order valence-corrected chi connectivity index (χ2v) is 5.64. The van der Waals surface area contributed by atoms with Crippen molar-refractivity contribution in [3.05, 3.63) is 29.3 Å². The van der Waals surface area contributed by atoms with Crippen molar-refractivity contribution in [3.8, 4) is 0 Å². The zero-order valence-corrected chi connectivity index (χ0v) is 11.3. The quantitative estimate of drug-likeness (QED) is 0.756. The maximum Gasteiger partial charge on any atom is 0.234 e. The number of benzene rings is 1. The molecule has 1 aromatic carbocycles. The number of fused-ring (bicyclic) bond motifs is 1. The van der Waals surface area contributed by atoms with Gasteiger partial charge in [0.05, 0.1) is 11.0 Å². The van der Waals surface area contributed by atoms with Gasteiger partial charge in [0, 0.05) is 12.2 Å². The van der Waals surface area contributed by atoms with Gasteiger partial charge in [0.2, 0.25) is 5.91 Å². The van der Waals surface area contributed by atoms with Crippen molar-refractivity contribution in [2.75, 3.05) is 18.9 Å². The van der Waals surface area contributed by atoms with E-state index in [0.29, 0.717) is 6.54 Å². The first-order chi connectivity index (χ1) is 8.29. The molecule has 1 aliphatic heterocycles. The number of hydrogen-bond donors (Lipinski definition) is 3. The van der Waals surface area contributed by atoms with Gasteiger partial charge in [-0.05, 0) is 51.1 Å². The molecule has 1 aromatic rings. The van der Waals surface area contributed by atoms with E-state index < -0.39 is 11.0 Å². The fourth-order valence-electron chi connectivity index (χ4n) is 2.35. The van der Waals surface area contributed by atoms with Crippen LogP contribution in [0.5, 0.6) is 0 Å². The van der Waals surface area contributed by atoms with E-state index in [1.54, 1.807) is 14.0 Å². The highest BCUT2D eigenvalue weighted by Gasteiger charge is 2.39. The van der Waals surface area contributed by atoms with Gasteiger partial charge >= 0.3 is 0 Å². The summed E-state index contributed by atoms with van der Waals surface area (Å²) >= 11 is 0. The van der Waals surface area contributed by atoms with E-state index in [0.717, 1.165) is 16.8 Å². The molecule has 1 atom stereocenters. The number of nitrogens with one attached hydrogen (secondary N) is 2. The molecule has 1 heterocycles. The Hall–Kier alpha value is -1.39. The molecule has 4 nitrogen and oxygen atoms in total. The van der Waals surface area contributed by atoms with Gasteiger partial charge in [-0.2, -0.15) is 0 Å². The van der Waals surface area contributed by atoms with Crippen LogP contribution >= 0.6 is 0 Å². The minimum absolute atomic E-state index is 0.00269. The van der Waals surface area contributed by atoms with E-state index in [2.05, 4.69) is 10.6 Å². The Kier molecular flexibility index (Phi) is 2.95. The molecule has 3 N–H and O–H groups in total. The van der Waals surface area contributed by atoms with E-state index in [4.69, 9.17) is 0 Å². The van der Waals surface area contributed by atoms with Crippen LogP contribution in [0.25, 0.3) is 0 Å². The summed E-state index contributed by atoms with van der Waals surface area (Å²) in [6.07, 6.45) is 0. The molecule has 98 valence electrons. The molecular formula is C14H20N2O2. The smallest absolute Gasteiger partial charge is 0.234 e. The van der Waals surface area contributed by atoms with Gasteiger partial charge in [0.1, 0.15) is 0 Å². The molecular weight excluding hydrogens is 228 g/mol. The third kappa shape index (κ3) is 1.91. The van der Waals surface area contributed by atoms with Crippen LogP contribution in [0, 0.1) is 0 Å². The zero-order chi connectivity index (χ0) is 13.6. The molecule has 0 aromatic heterocycles. The minimum atomic E-state index is -0.939. The standard InChI is InChI=1S/C14H20N2O2/c1-13(2)10-7-9(14(3,18)8-15-4)5-6-11(10)16-12(13)17/h5-7,15,18H,8H2,1-4H3,(H,16,17). The van der Waals surface area contributed by atoms with Crippen molar-refractivity contribution in [1.82, 2.24) is 5.32 Å². The lowest BCUT2D eigenvalue weighted by molar-refractivity contribution is -0.119. The largest absolute Gasteiger partial charge is 0.384 e. The van der Waals surface area contributed by atoms with Crippen LogP contribution in [-0.2, 0) is 15.8 Å². The van der Waals surface area contributed by atoms with Crippen LogP contribution in [-0.4, -0.2) is 24.6 Å². The van der Waals surface area contributed by atoms with Gasteiger partial charge in [-0.3, -0.25) is 4.79 Å². The van der Waals surface area contributed by atoms with Crippen molar-refractivity contribution in [2.45, 2.75) is 31.8 Å². The van der Waals surface area contributed by atoms with Crippen molar-refractivity contribution >= 4 is 11.6 Å². The molecule has 0 radical (unpaired) electrons. The second kappa shape index (κ2) is 4.07. The summed E-state index contributed by atoms with van der Waals surface area (Å²) in [5.74, 6) is 0.00269. The zero-order valence-electron chi connectivity index (χ0n) is 11.3. The lowest BCUT2D eigenvalue weighted by atomic mass is 9.83. The van der Waals surface area contributed by atoms with Crippen molar-refractivity contribution < 1.29 is 9.90 Å². The van der Waals surface area contributed by atoms with Gasteiger partial charge in [0.15, 0.2) is 0 Å². The number of carbonyl (C=O) groups excluding carboxylic acids is 1. The molecule has 0 fully saturated rings. The van der Waals surface area contributed by atoms with Crippen LogP contribution in [0.15, 0.2) is 18.2 Å². The topological polar surface area (TPSA) is 61.4 Å². The number of anilines is 1. The summed E-state index contributed by atoms with van der Waals surface area (Å²) in [6, 6.07) is 5.64. The van der Waals surface area contributed by atoms with Gasteiger partial charge in [-0.25, -0.2) is 0 Å². The maximum absolute atomic E-state index is 11.9. The van der Waals surface area contributed by atoms with E-state index in [1.807, 2.05) is 32.0 Å². The molecule has 2 rings (SSSR count). The summed E-state index contributed by atoms with van der Waals surface area (Å²) in [7, 11) is 1.80. The molecule has 0 spiro atoms. The molecule has 0 saturated heterocycles. The molecule has 0 bridgehead atoms. The summed E-state index contributed by atoms with van der Waals surface area (Å²) in [6.45, 7) is 6.02. The normalized spacial score (nSPS) is 20.2. The number of aliphatic hydroxyl groups is 1. The fourth-order valence-corrected chi connectivity index (χ4v) is 2.35. The Morgan fingerprint density at radius 3 is 2.72 bits per heavy atom. The highest BCUT2D eigenvalue weighted by atomic mass is 16.3. The summed E-state index contributed by atoms with van der Waals surface area (Å²) in [5.41, 5.74) is 1.13.